The fourth-order valence-electron chi connectivity index (χ4n) is 1.71. The zero-order chi connectivity index (χ0) is 13.5. The Morgan fingerprint density at radius 2 is 1.06 bits per heavy atom. The third-order valence-corrected chi connectivity index (χ3v) is 2.83. The summed E-state index contributed by atoms with van der Waals surface area (Å²) in [6.07, 6.45) is 8.80. The molecule has 0 radical (unpaired) electrons. The largest absolute Gasteiger partial charge is 0.338 e. The van der Waals surface area contributed by atoms with Crippen molar-refractivity contribution in [2.45, 2.75) is 51.4 Å². The van der Waals surface area contributed by atoms with Crippen LogP contribution in [0.4, 0.5) is 4.79 Å². The molecule has 18 heavy (non-hydrogen) atoms. The Bertz CT molecular complexity index is 170. The number of nitrogens with two attached hydrogens (primary N) is 2. The fraction of sp³-hybridized carbons (Fsp3) is 0.923. The number of amides is 2. The molecule has 108 valence electrons. The van der Waals surface area contributed by atoms with E-state index in [2.05, 4.69) is 10.6 Å². The zero-order valence-corrected chi connectivity index (χ0v) is 11.5. The van der Waals surface area contributed by atoms with Crippen molar-refractivity contribution in [3.63, 3.8) is 0 Å². The predicted molar refractivity (Wildman–Crippen MR) is 76.4 cm³/mol. The van der Waals surface area contributed by atoms with Crippen molar-refractivity contribution in [3.05, 3.63) is 0 Å². The van der Waals surface area contributed by atoms with Gasteiger partial charge in [0.2, 0.25) is 0 Å². The molecule has 5 nitrogen and oxygen atoms in total. The van der Waals surface area contributed by atoms with E-state index in [9.17, 15) is 4.79 Å². The van der Waals surface area contributed by atoms with Crippen molar-refractivity contribution >= 4 is 6.03 Å². The average Bonchev–Trinajstić information content (AvgIpc) is 2.38. The summed E-state index contributed by atoms with van der Waals surface area (Å²) in [4.78, 5) is 11.4. The van der Waals surface area contributed by atoms with Gasteiger partial charge in [-0.05, 0) is 38.8 Å². The lowest BCUT2D eigenvalue weighted by molar-refractivity contribution is 0.240. The number of carbonyl (C=O) groups excluding carboxylic acids is 1. The summed E-state index contributed by atoms with van der Waals surface area (Å²) in [5, 5.41) is 5.72. The summed E-state index contributed by atoms with van der Waals surface area (Å²) in [6, 6.07) is -0.0485. The summed E-state index contributed by atoms with van der Waals surface area (Å²) in [5.74, 6) is 0. The van der Waals surface area contributed by atoms with E-state index in [-0.39, 0.29) is 6.03 Å². The molecule has 0 bridgehead atoms. The van der Waals surface area contributed by atoms with E-state index in [4.69, 9.17) is 11.5 Å². The van der Waals surface area contributed by atoms with Crippen LogP contribution in [0.15, 0.2) is 0 Å². The second kappa shape index (κ2) is 14.3. The fourth-order valence-corrected chi connectivity index (χ4v) is 1.71. The van der Waals surface area contributed by atoms with Gasteiger partial charge in [0.05, 0.1) is 0 Å². The van der Waals surface area contributed by atoms with Crippen LogP contribution in [-0.2, 0) is 0 Å². The van der Waals surface area contributed by atoms with Crippen LogP contribution >= 0.6 is 0 Å². The number of carbonyl (C=O) groups is 1. The maximum absolute atomic E-state index is 11.4. The first-order chi connectivity index (χ1) is 8.81. The second-order valence-electron chi connectivity index (χ2n) is 4.59. The number of nitrogens with one attached hydrogen (secondary N) is 2. The Morgan fingerprint density at radius 3 is 1.44 bits per heavy atom. The van der Waals surface area contributed by atoms with Crippen LogP contribution in [0, 0.1) is 0 Å². The van der Waals surface area contributed by atoms with E-state index in [0.717, 1.165) is 77.5 Å². The SMILES string of the molecule is NCCCCCCNC(=O)NCCCCCCN. The Balaban J connectivity index is 3.12. The number of hydrogen-bond acceptors (Lipinski definition) is 3. The molecule has 6 N–H and O–H groups in total. The van der Waals surface area contributed by atoms with Crippen LogP contribution in [0.5, 0.6) is 0 Å². The van der Waals surface area contributed by atoms with Gasteiger partial charge in [-0.25, -0.2) is 4.79 Å². The maximum atomic E-state index is 11.4. The third kappa shape index (κ3) is 13.3. The maximum Gasteiger partial charge on any atom is 0.314 e. The highest BCUT2D eigenvalue weighted by Crippen LogP contribution is 1.97. The predicted octanol–water partition coefficient (Wildman–Crippen LogP) is 1.32. The molecule has 0 saturated carbocycles. The van der Waals surface area contributed by atoms with E-state index < -0.39 is 0 Å². The van der Waals surface area contributed by atoms with Gasteiger partial charge in [0, 0.05) is 13.1 Å². The van der Waals surface area contributed by atoms with Gasteiger partial charge in [-0.3, -0.25) is 0 Å². The van der Waals surface area contributed by atoms with E-state index >= 15 is 0 Å². The summed E-state index contributed by atoms with van der Waals surface area (Å²) >= 11 is 0. The molecule has 0 aliphatic carbocycles. The van der Waals surface area contributed by atoms with Gasteiger partial charge in [0.1, 0.15) is 0 Å². The van der Waals surface area contributed by atoms with Crippen LogP contribution in [0.3, 0.4) is 0 Å². The van der Waals surface area contributed by atoms with Gasteiger partial charge in [0.15, 0.2) is 0 Å². The van der Waals surface area contributed by atoms with Crippen LogP contribution in [-0.4, -0.2) is 32.2 Å². The van der Waals surface area contributed by atoms with E-state index in [1.807, 2.05) is 0 Å². The topological polar surface area (TPSA) is 93.2 Å². The first-order valence-corrected chi connectivity index (χ1v) is 7.23. The lowest BCUT2D eigenvalue weighted by Crippen LogP contribution is -2.36. The molecule has 0 fully saturated rings. The van der Waals surface area contributed by atoms with Crippen LogP contribution < -0.4 is 22.1 Å². The first kappa shape index (κ1) is 17.2. The van der Waals surface area contributed by atoms with E-state index in [1.54, 1.807) is 0 Å². The minimum atomic E-state index is -0.0485. The van der Waals surface area contributed by atoms with Gasteiger partial charge in [-0.1, -0.05) is 25.7 Å². The average molecular weight is 258 g/mol. The lowest BCUT2D eigenvalue weighted by Gasteiger charge is -2.07. The second-order valence-corrected chi connectivity index (χ2v) is 4.59. The molecule has 2 amide bonds. The van der Waals surface area contributed by atoms with Gasteiger partial charge < -0.3 is 22.1 Å². The molecule has 0 aromatic carbocycles. The lowest BCUT2D eigenvalue weighted by atomic mass is 10.2. The Hall–Kier alpha value is -0.810. The molecule has 0 atom stereocenters. The number of rotatable bonds is 12. The summed E-state index contributed by atoms with van der Waals surface area (Å²) < 4.78 is 0. The van der Waals surface area contributed by atoms with E-state index in [0.29, 0.717) is 0 Å². The van der Waals surface area contributed by atoms with Crippen molar-refractivity contribution in [2.24, 2.45) is 11.5 Å². The van der Waals surface area contributed by atoms with Crippen molar-refractivity contribution in [1.29, 1.82) is 0 Å². The highest BCUT2D eigenvalue weighted by Gasteiger charge is 1.98. The monoisotopic (exact) mass is 258 g/mol. The number of hydrogen-bond donors (Lipinski definition) is 4. The Labute approximate surface area is 111 Å². The smallest absolute Gasteiger partial charge is 0.314 e. The molecular formula is C13H30N4O. The molecule has 0 unspecified atom stereocenters. The van der Waals surface area contributed by atoms with Crippen molar-refractivity contribution in [3.8, 4) is 0 Å². The molecule has 0 heterocycles. The normalized spacial score (nSPS) is 10.3. The standard InChI is InChI=1S/C13H30N4O/c14-9-5-1-3-7-11-16-13(18)17-12-8-4-2-6-10-15/h1-12,14-15H2,(H2,16,17,18). The molecule has 0 spiro atoms. The van der Waals surface area contributed by atoms with Crippen molar-refractivity contribution in [1.82, 2.24) is 10.6 Å². The van der Waals surface area contributed by atoms with Gasteiger partial charge in [-0.15, -0.1) is 0 Å². The molecule has 5 heteroatoms. The summed E-state index contributed by atoms with van der Waals surface area (Å²) in [5.41, 5.74) is 10.8. The molecule has 0 saturated heterocycles. The molecule has 0 aromatic heterocycles. The number of urea groups is 1. The highest BCUT2D eigenvalue weighted by molar-refractivity contribution is 5.73. The third-order valence-electron chi connectivity index (χ3n) is 2.83. The molecule has 0 aromatic rings. The minimum absolute atomic E-state index is 0.0485. The molecular weight excluding hydrogens is 228 g/mol. The van der Waals surface area contributed by atoms with E-state index in [1.165, 1.54) is 0 Å². The first-order valence-electron chi connectivity index (χ1n) is 7.23. The zero-order valence-electron chi connectivity index (χ0n) is 11.5. The minimum Gasteiger partial charge on any atom is -0.338 e. The molecule has 0 aliphatic heterocycles. The van der Waals surface area contributed by atoms with Crippen molar-refractivity contribution in [2.75, 3.05) is 26.2 Å². The van der Waals surface area contributed by atoms with Crippen LogP contribution in [0.25, 0.3) is 0 Å². The van der Waals surface area contributed by atoms with Gasteiger partial charge >= 0.3 is 6.03 Å². The number of unbranched alkanes of at least 4 members (excludes halogenated alkanes) is 6. The molecule has 0 aliphatic rings. The quantitative estimate of drug-likeness (QED) is 0.398. The van der Waals surface area contributed by atoms with Gasteiger partial charge in [0.25, 0.3) is 0 Å². The van der Waals surface area contributed by atoms with Crippen LogP contribution in [0.2, 0.25) is 0 Å². The summed E-state index contributed by atoms with van der Waals surface area (Å²) in [7, 11) is 0. The van der Waals surface area contributed by atoms with Crippen LogP contribution in [0.1, 0.15) is 51.4 Å². The van der Waals surface area contributed by atoms with Crippen molar-refractivity contribution < 1.29 is 4.79 Å². The Kier molecular flexibility index (Phi) is 13.6. The van der Waals surface area contributed by atoms with Gasteiger partial charge in [-0.2, -0.15) is 0 Å². The summed E-state index contributed by atoms with van der Waals surface area (Å²) in [6.45, 7) is 3.03. The Morgan fingerprint density at radius 1 is 0.667 bits per heavy atom. The molecule has 0 rings (SSSR count). The highest BCUT2D eigenvalue weighted by atomic mass is 16.2.